The van der Waals surface area contributed by atoms with Crippen molar-refractivity contribution in [2.75, 3.05) is 26.2 Å². The minimum absolute atomic E-state index is 0.00641. The maximum Gasteiger partial charge on any atom is 0.328 e. The zero-order valence-corrected chi connectivity index (χ0v) is 27.6. The molecule has 2 aromatic carbocycles. The van der Waals surface area contributed by atoms with Crippen LogP contribution in [0.4, 0.5) is 5.69 Å². The van der Waals surface area contributed by atoms with E-state index >= 15 is 0 Å². The molecule has 0 fully saturated rings. The summed E-state index contributed by atoms with van der Waals surface area (Å²) in [6.45, 7) is 4.22. The van der Waals surface area contributed by atoms with Gasteiger partial charge < -0.3 is 31.7 Å². The number of guanidine groups is 1. The first-order valence-electron chi connectivity index (χ1n) is 16.6. The monoisotopic (exact) mass is 651 g/mol. The van der Waals surface area contributed by atoms with Crippen molar-refractivity contribution < 1.29 is 25.3 Å². The number of rotatable bonds is 21. The lowest BCUT2D eigenvalue weighted by Gasteiger charge is -2.31. The zero-order chi connectivity index (χ0) is 35.5. The van der Waals surface area contributed by atoms with Gasteiger partial charge in [-0.3, -0.25) is 19.8 Å². The standard InChI is InChI=1S/C34H50N8O5/c1-4-21-47-33(46)28(17-11-19-38-34(36)37)42(30(44)23-39-32(45)27(35)22-24(2)3)20-12-18-29(43)31(25-13-7-5-8-14-25)41-40-26-15-9-6-10-16-26/h5-10,13-16,24,27-28,31H,4,11-12,17-23,35H2,1-3H3,(H,39,45)(H4,36,37,38)/t27-,28-,31?/m0/s1/i21D/t21?,27-,28-,31?. The van der Waals surface area contributed by atoms with Crippen LogP contribution in [0.2, 0.25) is 0 Å². The van der Waals surface area contributed by atoms with Gasteiger partial charge in [-0.05, 0) is 55.7 Å². The molecule has 0 aliphatic rings. The van der Waals surface area contributed by atoms with Gasteiger partial charge in [-0.25, -0.2) is 4.79 Å². The number of nitrogens with two attached hydrogens (primary N) is 2. The number of carbonyl (C=O) groups is 4. The summed E-state index contributed by atoms with van der Waals surface area (Å²) in [5.74, 6) is -2.15. The van der Waals surface area contributed by atoms with Gasteiger partial charge >= 0.3 is 5.97 Å². The molecule has 2 unspecified atom stereocenters. The molecule has 7 N–H and O–H groups in total. The predicted octanol–water partition coefficient (Wildman–Crippen LogP) is 3.76. The summed E-state index contributed by atoms with van der Waals surface area (Å²) < 4.78 is 13.3. The van der Waals surface area contributed by atoms with E-state index in [0.717, 1.165) is 0 Å². The first-order chi connectivity index (χ1) is 22.9. The Morgan fingerprint density at radius 3 is 2.30 bits per heavy atom. The highest BCUT2D eigenvalue weighted by molar-refractivity contribution is 5.90. The SMILES string of the molecule is [2H]C(CC)OC(=O)[C@H](CCCNC(=N)N)N(CCCC(=O)C(N=Nc1ccccc1)c1ccccc1)C(=O)CNC(=O)[C@@H](N)CC(C)C. The maximum atomic E-state index is 13.7. The Bertz CT molecular complexity index is 1350. The molecule has 2 rings (SSSR count). The van der Waals surface area contributed by atoms with Crippen LogP contribution in [-0.2, 0) is 23.9 Å². The van der Waals surface area contributed by atoms with E-state index in [4.69, 9.17) is 23.0 Å². The Kier molecular flexibility index (Phi) is 16.6. The molecule has 0 aliphatic carbocycles. The number of nitrogens with zero attached hydrogens (tertiary/aromatic N) is 3. The summed E-state index contributed by atoms with van der Waals surface area (Å²) in [7, 11) is 0. The third-order valence-electron chi connectivity index (χ3n) is 7.07. The fraction of sp³-hybridized carbons (Fsp3) is 0.500. The topological polar surface area (TPSA) is 205 Å². The number of azo groups is 1. The van der Waals surface area contributed by atoms with E-state index in [-0.39, 0.29) is 56.4 Å². The number of nitrogens with one attached hydrogen (secondary N) is 3. The quantitative estimate of drug-likeness (QED) is 0.0441. The van der Waals surface area contributed by atoms with Crippen LogP contribution >= 0.6 is 0 Å². The van der Waals surface area contributed by atoms with Crippen molar-refractivity contribution in [3.63, 3.8) is 0 Å². The first-order valence-corrected chi connectivity index (χ1v) is 16.0. The third kappa shape index (κ3) is 14.5. The van der Waals surface area contributed by atoms with Crippen LogP contribution in [0.5, 0.6) is 0 Å². The van der Waals surface area contributed by atoms with E-state index in [9.17, 15) is 19.2 Å². The van der Waals surface area contributed by atoms with E-state index in [0.29, 0.717) is 24.1 Å². The number of Topliss-reactive ketones (excluding diaryl/α,β-unsaturated/α-hetero) is 1. The van der Waals surface area contributed by atoms with Crippen molar-refractivity contribution in [3.8, 4) is 0 Å². The number of carbonyl (C=O) groups excluding carboxylic acids is 4. The van der Waals surface area contributed by atoms with Crippen molar-refractivity contribution in [2.45, 2.75) is 77.4 Å². The number of benzene rings is 2. The summed E-state index contributed by atoms with van der Waals surface area (Å²) >= 11 is 0. The normalized spacial score (nSPS) is 14.0. The summed E-state index contributed by atoms with van der Waals surface area (Å²) in [5, 5.41) is 21.3. The van der Waals surface area contributed by atoms with Crippen LogP contribution in [0.1, 0.15) is 72.3 Å². The van der Waals surface area contributed by atoms with Gasteiger partial charge in [0.2, 0.25) is 11.8 Å². The molecule has 0 aromatic heterocycles. The summed E-state index contributed by atoms with van der Waals surface area (Å²) in [4.78, 5) is 54.5. The lowest BCUT2D eigenvalue weighted by atomic mass is 10.00. The second-order valence-electron chi connectivity index (χ2n) is 11.5. The highest BCUT2D eigenvalue weighted by Gasteiger charge is 2.31. The van der Waals surface area contributed by atoms with Crippen molar-refractivity contribution in [3.05, 3.63) is 66.2 Å². The number of hydrogen-bond acceptors (Lipinski definition) is 9. The Hall–Kier alpha value is -4.65. The molecule has 0 radical (unpaired) electrons. The number of ether oxygens (including phenoxy) is 1. The zero-order valence-electron chi connectivity index (χ0n) is 28.6. The van der Waals surface area contributed by atoms with Crippen molar-refractivity contribution >= 4 is 35.2 Å². The van der Waals surface area contributed by atoms with Gasteiger partial charge in [-0.15, -0.1) is 0 Å². The molecule has 0 heterocycles. The Morgan fingerprint density at radius 1 is 1.02 bits per heavy atom. The Balaban J connectivity index is 2.29. The highest BCUT2D eigenvalue weighted by Crippen LogP contribution is 2.24. The molecule has 0 saturated heterocycles. The average Bonchev–Trinajstić information content (AvgIpc) is 3.06. The van der Waals surface area contributed by atoms with Gasteiger partial charge in [0.15, 0.2) is 17.8 Å². The lowest BCUT2D eigenvalue weighted by Crippen LogP contribution is -2.52. The Morgan fingerprint density at radius 2 is 1.68 bits per heavy atom. The summed E-state index contributed by atoms with van der Waals surface area (Å²) in [6.07, 6.45) is 1.30. The number of hydrogen-bond donors (Lipinski definition) is 5. The minimum Gasteiger partial charge on any atom is -0.464 e. The predicted molar refractivity (Wildman–Crippen MR) is 181 cm³/mol. The van der Waals surface area contributed by atoms with Gasteiger partial charge in [0.1, 0.15) is 6.04 Å². The second-order valence-corrected chi connectivity index (χ2v) is 11.5. The van der Waals surface area contributed by atoms with E-state index in [1.807, 2.05) is 50.2 Å². The summed E-state index contributed by atoms with van der Waals surface area (Å²) in [5.41, 5.74) is 12.6. The second kappa shape index (κ2) is 21.2. The van der Waals surface area contributed by atoms with Gasteiger partial charge in [0, 0.05) is 19.5 Å². The third-order valence-corrected chi connectivity index (χ3v) is 7.07. The molecule has 2 aromatic rings. The molecule has 0 saturated carbocycles. The van der Waals surface area contributed by atoms with E-state index in [2.05, 4.69) is 20.9 Å². The van der Waals surface area contributed by atoms with Gasteiger partial charge in [-0.2, -0.15) is 10.2 Å². The lowest BCUT2D eigenvalue weighted by molar-refractivity contribution is -0.155. The number of esters is 1. The van der Waals surface area contributed by atoms with Crippen molar-refractivity contribution in [1.82, 2.24) is 15.5 Å². The molecule has 13 nitrogen and oxygen atoms in total. The van der Waals surface area contributed by atoms with Crippen LogP contribution in [0.3, 0.4) is 0 Å². The van der Waals surface area contributed by atoms with E-state index in [1.165, 1.54) is 4.90 Å². The van der Waals surface area contributed by atoms with Crippen LogP contribution in [0.15, 0.2) is 70.9 Å². The number of ketones is 1. The van der Waals surface area contributed by atoms with E-state index in [1.54, 1.807) is 31.2 Å². The minimum atomic E-state index is -1.13. The molecule has 256 valence electrons. The van der Waals surface area contributed by atoms with Gasteiger partial charge in [0.05, 0.1) is 26.2 Å². The molecular weight excluding hydrogens is 600 g/mol. The molecule has 0 bridgehead atoms. The summed E-state index contributed by atoms with van der Waals surface area (Å²) in [6, 6.07) is 15.3. The average molecular weight is 652 g/mol. The van der Waals surface area contributed by atoms with Crippen LogP contribution < -0.4 is 22.1 Å². The van der Waals surface area contributed by atoms with Gasteiger partial charge in [-0.1, -0.05) is 69.3 Å². The highest BCUT2D eigenvalue weighted by atomic mass is 16.5. The van der Waals surface area contributed by atoms with Crippen LogP contribution in [0.25, 0.3) is 0 Å². The van der Waals surface area contributed by atoms with Crippen molar-refractivity contribution in [2.24, 2.45) is 27.6 Å². The largest absolute Gasteiger partial charge is 0.464 e. The number of amides is 2. The molecule has 13 heteroatoms. The first kappa shape index (κ1) is 36.8. The molecule has 47 heavy (non-hydrogen) atoms. The fourth-order valence-electron chi connectivity index (χ4n) is 4.76. The molecule has 0 spiro atoms. The molecule has 2 amide bonds. The Labute approximate surface area is 278 Å². The maximum absolute atomic E-state index is 13.7. The van der Waals surface area contributed by atoms with E-state index < -0.39 is 49.0 Å². The van der Waals surface area contributed by atoms with Crippen molar-refractivity contribution in [1.29, 1.82) is 5.41 Å². The van der Waals surface area contributed by atoms with Crippen LogP contribution in [0, 0.1) is 11.3 Å². The smallest absolute Gasteiger partial charge is 0.328 e. The molecule has 0 aliphatic heterocycles. The van der Waals surface area contributed by atoms with Gasteiger partial charge in [0.25, 0.3) is 0 Å². The van der Waals surface area contributed by atoms with Crippen LogP contribution in [-0.4, -0.2) is 72.7 Å². The fourth-order valence-corrected chi connectivity index (χ4v) is 4.76. The molecule has 4 atom stereocenters. The molecular formula is C34H50N8O5.